The Kier molecular flexibility index (Phi) is 12.7. The molecule has 10 nitrogen and oxygen atoms in total. The maximum atomic E-state index is 10.1. The number of aliphatic hydroxyl groups excluding tert-OH is 1. The summed E-state index contributed by atoms with van der Waals surface area (Å²) < 4.78 is 12.1. The van der Waals surface area contributed by atoms with Gasteiger partial charge in [0.15, 0.2) is 0 Å². The highest BCUT2D eigenvalue weighted by Crippen LogP contribution is 2.24. The molecule has 2 atom stereocenters. The largest absolute Gasteiger partial charge is 0.486 e. The number of benzene rings is 2. The first-order valence-electron chi connectivity index (χ1n) is 14.0. The van der Waals surface area contributed by atoms with Crippen molar-refractivity contribution in [1.82, 2.24) is 14.7 Å². The molecule has 2 aliphatic heterocycles. The van der Waals surface area contributed by atoms with Gasteiger partial charge in [0.2, 0.25) is 0 Å². The quantitative estimate of drug-likeness (QED) is 0.245. The predicted octanol–water partition coefficient (Wildman–Crippen LogP) is 2.25. The number of rotatable bonds is 13. The number of nitrogens with zero attached hydrogens (tertiary/aromatic N) is 5. The van der Waals surface area contributed by atoms with Gasteiger partial charge in [-0.15, -0.1) is 0 Å². The van der Waals surface area contributed by atoms with E-state index in [0.29, 0.717) is 13.2 Å². The van der Waals surface area contributed by atoms with Crippen LogP contribution in [-0.4, -0.2) is 111 Å². The molecule has 218 valence electrons. The molecular weight excluding hydrogens is 623 g/mol. The third-order valence-corrected chi connectivity index (χ3v) is 7.91. The third kappa shape index (κ3) is 9.25. The van der Waals surface area contributed by atoms with Gasteiger partial charge in [-0.25, -0.2) is 5.90 Å². The lowest BCUT2D eigenvalue weighted by molar-refractivity contribution is 0.0168. The lowest BCUT2D eigenvalue weighted by Crippen LogP contribution is -2.50. The van der Waals surface area contributed by atoms with Crippen LogP contribution < -0.4 is 15.5 Å². The van der Waals surface area contributed by atoms with Crippen molar-refractivity contribution in [3.8, 4) is 11.8 Å². The lowest BCUT2D eigenvalue weighted by atomic mass is 10.1. The van der Waals surface area contributed by atoms with Gasteiger partial charge in [-0.05, 0) is 37.7 Å². The molecule has 0 aliphatic carbocycles. The lowest BCUT2D eigenvalue weighted by Gasteiger charge is -2.37. The molecule has 3 N–H and O–H groups in total. The van der Waals surface area contributed by atoms with Crippen LogP contribution in [0.25, 0.3) is 0 Å². The Morgan fingerprint density at radius 3 is 2.33 bits per heavy atom. The van der Waals surface area contributed by atoms with Gasteiger partial charge in [0, 0.05) is 64.5 Å². The minimum Gasteiger partial charge on any atom is -0.486 e. The average Bonchev–Trinajstić information content (AvgIpc) is 3.19. The van der Waals surface area contributed by atoms with E-state index in [0.717, 1.165) is 88.9 Å². The van der Waals surface area contributed by atoms with Crippen LogP contribution in [0.3, 0.4) is 0 Å². The second-order valence-electron chi connectivity index (χ2n) is 10.5. The zero-order chi connectivity index (χ0) is 28.2. The highest BCUT2D eigenvalue weighted by atomic mass is 127. The highest BCUT2D eigenvalue weighted by Gasteiger charge is 2.24. The number of anilines is 1. The van der Waals surface area contributed by atoms with Gasteiger partial charge in [-0.1, -0.05) is 30.3 Å². The topological polar surface area (TPSA) is 111 Å². The second kappa shape index (κ2) is 16.4. The van der Waals surface area contributed by atoms with Gasteiger partial charge < -0.3 is 22.6 Å². The molecule has 2 aliphatic rings. The summed E-state index contributed by atoms with van der Waals surface area (Å²) in [7, 11) is 0. The standard InChI is InChI=1S/C29H41IN6O4/c30-38-23-27(21-35-14-16-36(17-15-35)28-8-3-1-6-24(28)18-31)40-29-9-4-2-7-25(29)19-33-10-5-11-34(13-12-33)20-26(37)22-39-32/h1-4,6-9,26-27,37H,5,10-17,19-23,32H2. The summed E-state index contributed by atoms with van der Waals surface area (Å²) in [5, 5.41) is 19.5. The van der Waals surface area contributed by atoms with E-state index in [1.54, 1.807) is 0 Å². The highest BCUT2D eigenvalue weighted by molar-refractivity contribution is 14.1. The van der Waals surface area contributed by atoms with Crippen molar-refractivity contribution in [2.45, 2.75) is 25.2 Å². The zero-order valence-corrected chi connectivity index (χ0v) is 25.2. The summed E-state index contributed by atoms with van der Waals surface area (Å²) in [4.78, 5) is 14.0. The van der Waals surface area contributed by atoms with Crippen LogP contribution in [0.1, 0.15) is 17.5 Å². The Bertz CT molecular complexity index is 1080. The molecule has 2 saturated heterocycles. The Morgan fingerprint density at radius 1 is 0.875 bits per heavy atom. The van der Waals surface area contributed by atoms with Crippen LogP contribution in [0.2, 0.25) is 0 Å². The predicted molar refractivity (Wildman–Crippen MR) is 163 cm³/mol. The van der Waals surface area contributed by atoms with Crippen molar-refractivity contribution in [1.29, 1.82) is 5.26 Å². The summed E-state index contributed by atoms with van der Waals surface area (Å²) in [6.45, 7) is 10.1. The molecular formula is C29H41IN6O4. The molecule has 2 heterocycles. The number of ether oxygens (including phenoxy) is 1. The average molecular weight is 665 g/mol. The maximum absolute atomic E-state index is 10.1. The Labute approximate surface area is 251 Å². The molecule has 2 aromatic rings. The monoisotopic (exact) mass is 664 g/mol. The van der Waals surface area contributed by atoms with Gasteiger partial charge in [0.05, 0.1) is 30.6 Å². The first-order chi connectivity index (χ1) is 19.6. The summed E-state index contributed by atoms with van der Waals surface area (Å²) >= 11 is 1.95. The first kappa shape index (κ1) is 30.9. The summed E-state index contributed by atoms with van der Waals surface area (Å²) in [5.74, 6) is 6.01. The summed E-state index contributed by atoms with van der Waals surface area (Å²) in [5.41, 5.74) is 2.91. The van der Waals surface area contributed by atoms with E-state index >= 15 is 0 Å². The molecule has 0 amide bonds. The van der Waals surface area contributed by atoms with Crippen LogP contribution in [0.15, 0.2) is 48.5 Å². The van der Waals surface area contributed by atoms with Crippen LogP contribution >= 0.6 is 23.0 Å². The van der Waals surface area contributed by atoms with E-state index < -0.39 is 6.10 Å². The van der Waals surface area contributed by atoms with Crippen LogP contribution in [-0.2, 0) is 14.4 Å². The van der Waals surface area contributed by atoms with Gasteiger partial charge in [-0.2, -0.15) is 5.26 Å². The molecule has 4 rings (SSSR count). The van der Waals surface area contributed by atoms with Crippen molar-refractivity contribution in [2.24, 2.45) is 5.90 Å². The Balaban J connectivity index is 1.31. The molecule has 2 aromatic carbocycles. The number of nitrogens with two attached hydrogens (primary N) is 1. The van der Waals surface area contributed by atoms with E-state index in [2.05, 4.69) is 48.7 Å². The van der Waals surface area contributed by atoms with Crippen LogP contribution in [0.4, 0.5) is 5.69 Å². The van der Waals surface area contributed by atoms with Crippen molar-refractivity contribution < 1.29 is 17.7 Å². The first-order valence-corrected chi connectivity index (χ1v) is 14.9. The summed E-state index contributed by atoms with van der Waals surface area (Å²) in [6, 6.07) is 18.4. The van der Waals surface area contributed by atoms with E-state index in [9.17, 15) is 10.4 Å². The number of β-amino-alcohol motifs (C(OH)–C–C–N with tert-alkyl or cyclic N) is 1. The van der Waals surface area contributed by atoms with Gasteiger partial charge in [0.25, 0.3) is 0 Å². The zero-order valence-electron chi connectivity index (χ0n) is 23.0. The number of nitriles is 1. The van der Waals surface area contributed by atoms with Gasteiger partial charge in [0.1, 0.15) is 40.9 Å². The molecule has 0 radical (unpaired) electrons. The molecule has 0 saturated carbocycles. The molecule has 0 aromatic heterocycles. The number of para-hydroxylation sites is 2. The maximum Gasteiger partial charge on any atom is 0.136 e. The summed E-state index contributed by atoms with van der Waals surface area (Å²) in [6.07, 6.45) is 0.371. The fourth-order valence-corrected chi connectivity index (χ4v) is 5.90. The molecule has 11 heteroatoms. The number of halogens is 1. The van der Waals surface area contributed by atoms with Gasteiger partial charge in [-0.3, -0.25) is 14.7 Å². The van der Waals surface area contributed by atoms with Gasteiger partial charge >= 0.3 is 0 Å². The molecule has 2 unspecified atom stereocenters. The van der Waals surface area contributed by atoms with E-state index in [1.807, 2.05) is 53.3 Å². The van der Waals surface area contributed by atoms with E-state index in [-0.39, 0.29) is 12.7 Å². The molecule has 2 fully saturated rings. The minimum absolute atomic E-state index is 0.0955. The minimum atomic E-state index is -0.570. The molecule has 0 bridgehead atoms. The molecule has 0 spiro atoms. The smallest absolute Gasteiger partial charge is 0.136 e. The van der Waals surface area contributed by atoms with Crippen LogP contribution in [0.5, 0.6) is 5.75 Å². The van der Waals surface area contributed by atoms with Crippen molar-refractivity contribution in [3.63, 3.8) is 0 Å². The van der Waals surface area contributed by atoms with Crippen molar-refractivity contribution >= 4 is 28.7 Å². The van der Waals surface area contributed by atoms with E-state index in [4.69, 9.17) is 13.7 Å². The number of aliphatic hydroxyl groups is 1. The fraction of sp³-hybridized carbons (Fsp3) is 0.552. The Hall–Kier alpha value is -2.02. The van der Waals surface area contributed by atoms with E-state index in [1.165, 1.54) is 5.56 Å². The SMILES string of the molecule is N#Cc1ccccc1N1CCN(CC(COI)Oc2ccccc2CN2CCCN(CC(O)CON)CC2)CC1. The van der Waals surface area contributed by atoms with Crippen molar-refractivity contribution in [2.75, 3.05) is 83.6 Å². The molecule has 40 heavy (non-hydrogen) atoms. The number of piperazine rings is 1. The number of hydrogen-bond donors (Lipinski definition) is 2. The second-order valence-corrected chi connectivity index (χ2v) is 11.1. The normalized spacial score (nSPS) is 19.1. The third-order valence-electron chi connectivity index (χ3n) is 7.55. The fourth-order valence-electron chi connectivity index (χ4n) is 5.49. The Morgan fingerprint density at radius 2 is 1.55 bits per heavy atom. The van der Waals surface area contributed by atoms with Crippen LogP contribution in [0, 0.1) is 11.3 Å². The number of hydrogen-bond acceptors (Lipinski definition) is 10. The van der Waals surface area contributed by atoms with Crippen molar-refractivity contribution in [3.05, 3.63) is 59.7 Å².